The maximum atomic E-state index is 3.54. The van der Waals surface area contributed by atoms with Gasteiger partial charge in [0.2, 0.25) is 0 Å². The second-order valence-electron chi connectivity index (χ2n) is 5.11. The number of nitrogens with zero attached hydrogens (tertiary/aromatic N) is 2. The number of likely N-dealkylation sites (N-methyl/N-ethyl adjacent to an activating group) is 1. The summed E-state index contributed by atoms with van der Waals surface area (Å²) < 4.78 is 0. The van der Waals surface area contributed by atoms with Gasteiger partial charge in [0.1, 0.15) is 0 Å². The summed E-state index contributed by atoms with van der Waals surface area (Å²) in [5.41, 5.74) is 2.59. The highest BCUT2D eigenvalue weighted by molar-refractivity contribution is 5.47. The summed E-state index contributed by atoms with van der Waals surface area (Å²) in [5.74, 6) is 0. The van der Waals surface area contributed by atoms with Crippen molar-refractivity contribution in [2.45, 2.75) is 19.5 Å². The molecule has 1 aromatic carbocycles. The third-order valence-electron chi connectivity index (χ3n) is 2.72. The first kappa shape index (κ1) is 14.0. The first-order valence-electron chi connectivity index (χ1n) is 6.13. The number of rotatable bonds is 6. The molecule has 0 saturated heterocycles. The molecular formula is C14H25N3. The van der Waals surface area contributed by atoms with E-state index in [1.807, 2.05) is 0 Å². The maximum absolute atomic E-state index is 3.54. The Morgan fingerprint density at radius 1 is 1.18 bits per heavy atom. The zero-order valence-electron chi connectivity index (χ0n) is 11.7. The van der Waals surface area contributed by atoms with Crippen molar-refractivity contribution in [2.75, 3.05) is 39.6 Å². The average molecular weight is 235 g/mol. The van der Waals surface area contributed by atoms with Crippen LogP contribution in [0.2, 0.25) is 0 Å². The molecule has 0 aromatic heterocycles. The zero-order valence-corrected chi connectivity index (χ0v) is 11.7. The van der Waals surface area contributed by atoms with Crippen molar-refractivity contribution in [3.8, 4) is 0 Å². The van der Waals surface area contributed by atoms with E-state index < -0.39 is 0 Å². The van der Waals surface area contributed by atoms with Crippen LogP contribution >= 0.6 is 0 Å². The molecule has 0 heterocycles. The molecule has 96 valence electrons. The van der Waals surface area contributed by atoms with E-state index in [9.17, 15) is 0 Å². The molecular weight excluding hydrogens is 210 g/mol. The summed E-state index contributed by atoms with van der Waals surface area (Å²) in [4.78, 5) is 4.33. The van der Waals surface area contributed by atoms with Crippen LogP contribution in [0.3, 0.4) is 0 Å². The van der Waals surface area contributed by atoms with Crippen molar-refractivity contribution in [1.82, 2.24) is 10.2 Å². The van der Waals surface area contributed by atoms with Gasteiger partial charge in [0.25, 0.3) is 0 Å². The lowest BCUT2D eigenvalue weighted by Crippen LogP contribution is -2.35. The molecule has 0 spiro atoms. The molecule has 0 radical (unpaired) electrons. The van der Waals surface area contributed by atoms with Crippen LogP contribution in [0.4, 0.5) is 5.69 Å². The Labute approximate surface area is 105 Å². The van der Waals surface area contributed by atoms with Gasteiger partial charge in [-0.25, -0.2) is 0 Å². The van der Waals surface area contributed by atoms with Crippen LogP contribution in [-0.4, -0.2) is 45.7 Å². The number of hydrogen-bond donors (Lipinski definition) is 1. The van der Waals surface area contributed by atoms with Crippen molar-refractivity contribution in [3.63, 3.8) is 0 Å². The zero-order chi connectivity index (χ0) is 12.8. The van der Waals surface area contributed by atoms with Gasteiger partial charge in [-0.3, -0.25) is 0 Å². The second-order valence-corrected chi connectivity index (χ2v) is 5.11. The van der Waals surface area contributed by atoms with E-state index in [0.717, 1.165) is 13.1 Å². The molecule has 1 unspecified atom stereocenters. The minimum atomic E-state index is 0.507. The second kappa shape index (κ2) is 6.62. The highest BCUT2D eigenvalue weighted by atomic mass is 15.1. The molecule has 1 aromatic rings. The molecule has 1 N–H and O–H groups in total. The lowest BCUT2D eigenvalue weighted by atomic mass is 10.2. The number of nitrogens with one attached hydrogen (secondary N) is 1. The van der Waals surface area contributed by atoms with E-state index in [1.165, 1.54) is 11.3 Å². The highest BCUT2D eigenvalue weighted by Crippen LogP contribution is 2.13. The summed E-state index contributed by atoms with van der Waals surface area (Å²) in [5, 5.41) is 3.54. The first-order valence-corrected chi connectivity index (χ1v) is 6.13. The molecule has 0 fully saturated rings. The molecule has 1 atom stereocenters. The predicted molar refractivity (Wildman–Crippen MR) is 75.6 cm³/mol. The van der Waals surface area contributed by atoms with E-state index in [2.05, 4.69) is 74.5 Å². The van der Waals surface area contributed by atoms with Gasteiger partial charge in [-0.1, -0.05) is 12.1 Å². The van der Waals surface area contributed by atoms with Gasteiger partial charge >= 0.3 is 0 Å². The van der Waals surface area contributed by atoms with Crippen LogP contribution in [0.5, 0.6) is 0 Å². The Hall–Kier alpha value is -1.06. The van der Waals surface area contributed by atoms with E-state index in [-0.39, 0.29) is 0 Å². The quantitative estimate of drug-likeness (QED) is 0.811. The first-order chi connectivity index (χ1) is 7.99. The van der Waals surface area contributed by atoms with Crippen LogP contribution in [0.25, 0.3) is 0 Å². The molecule has 17 heavy (non-hydrogen) atoms. The molecule has 0 aliphatic heterocycles. The van der Waals surface area contributed by atoms with Gasteiger partial charge in [-0.15, -0.1) is 0 Å². The summed E-state index contributed by atoms with van der Waals surface area (Å²) in [6.45, 7) is 4.21. The van der Waals surface area contributed by atoms with Gasteiger partial charge in [0.05, 0.1) is 0 Å². The molecule has 0 amide bonds. The Balaban J connectivity index is 2.49. The molecule has 0 aliphatic rings. The molecule has 1 rings (SSSR count). The summed E-state index contributed by atoms with van der Waals surface area (Å²) in [7, 11) is 8.35. The van der Waals surface area contributed by atoms with Crippen LogP contribution in [0, 0.1) is 0 Å². The SMILES string of the molecule is CC(CN(C)C)NCc1cccc(N(C)C)c1. The average Bonchev–Trinajstić information content (AvgIpc) is 2.26. The largest absolute Gasteiger partial charge is 0.378 e. The van der Waals surface area contributed by atoms with Crippen LogP contribution in [0.15, 0.2) is 24.3 Å². The van der Waals surface area contributed by atoms with Crippen molar-refractivity contribution >= 4 is 5.69 Å². The van der Waals surface area contributed by atoms with Crippen molar-refractivity contribution in [1.29, 1.82) is 0 Å². The molecule has 0 bridgehead atoms. The fourth-order valence-corrected chi connectivity index (χ4v) is 1.85. The van der Waals surface area contributed by atoms with Gasteiger partial charge in [0.15, 0.2) is 0 Å². The molecule has 3 nitrogen and oxygen atoms in total. The van der Waals surface area contributed by atoms with Gasteiger partial charge < -0.3 is 15.1 Å². The third kappa shape index (κ3) is 5.20. The Morgan fingerprint density at radius 2 is 1.88 bits per heavy atom. The van der Waals surface area contributed by atoms with Gasteiger partial charge in [-0.2, -0.15) is 0 Å². The minimum Gasteiger partial charge on any atom is -0.378 e. The highest BCUT2D eigenvalue weighted by Gasteiger charge is 2.03. The maximum Gasteiger partial charge on any atom is 0.0364 e. The standard InChI is InChI=1S/C14H25N3/c1-12(11-16(2)3)15-10-13-7-6-8-14(9-13)17(4)5/h6-9,12,15H,10-11H2,1-5H3. The lowest BCUT2D eigenvalue weighted by molar-refractivity contribution is 0.349. The third-order valence-corrected chi connectivity index (χ3v) is 2.72. The van der Waals surface area contributed by atoms with Gasteiger partial charge in [0, 0.05) is 38.9 Å². The Bertz CT molecular complexity index is 334. The molecule has 3 heteroatoms. The number of anilines is 1. The monoisotopic (exact) mass is 235 g/mol. The van der Waals surface area contributed by atoms with E-state index in [1.54, 1.807) is 0 Å². The van der Waals surface area contributed by atoms with Crippen LogP contribution < -0.4 is 10.2 Å². The van der Waals surface area contributed by atoms with E-state index in [0.29, 0.717) is 6.04 Å². The van der Waals surface area contributed by atoms with Crippen molar-refractivity contribution in [3.05, 3.63) is 29.8 Å². The van der Waals surface area contributed by atoms with E-state index in [4.69, 9.17) is 0 Å². The normalized spacial score (nSPS) is 12.8. The molecule has 0 aliphatic carbocycles. The number of hydrogen-bond acceptors (Lipinski definition) is 3. The van der Waals surface area contributed by atoms with Gasteiger partial charge in [-0.05, 0) is 38.7 Å². The minimum absolute atomic E-state index is 0.507. The summed E-state index contributed by atoms with van der Waals surface area (Å²) in [6.07, 6.45) is 0. The lowest BCUT2D eigenvalue weighted by Gasteiger charge is -2.19. The topological polar surface area (TPSA) is 18.5 Å². The summed E-state index contributed by atoms with van der Waals surface area (Å²) in [6, 6.07) is 9.15. The Morgan fingerprint density at radius 3 is 2.47 bits per heavy atom. The summed E-state index contributed by atoms with van der Waals surface area (Å²) >= 11 is 0. The van der Waals surface area contributed by atoms with Crippen LogP contribution in [0.1, 0.15) is 12.5 Å². The molecule has 0 saturated carbocycles. The Kier molecular flexibility index (Phi) is 5.45. The van der Waals surface area contributed by atoms with Crippen molar-refractivity contribution < 1.29 is 0 Å². The van der Waals surface area contributed by atoms with E-state index >= 15 is 0 Å². The smallest absolute Gasteiger partial charge is 0.0364 e. The fourth-order valence-electron chi connectivity index (χ4n) is 1.85. The fraction of sp³-hybridized carbons (Fsp3) is 0.571. The van der Waals surface area contributed by atoms with Crippen molar-refractivity contribution in [2.24, 2.45) is 0 Å². The predicted octanol–water partition coefficient (Wildman–Crippen LogP) is 1.79. The van der Waals surface area contributed by atoms with Crippen LogP contribution in [-0.2, 0) is 6.54 Å². The number of benzene rings is 1.